The Balaban J connectivity index is 1.52. The minimum atomic E-state index is 0.179. The first-order valence-electron chi connectivity index (χ1n) is 7.63. The van der Waals surface area contributed by atoms with Gasteiger partial charge in [0.2, 0.25) is 0 Å². The molecule has 0 spiro atoms. The Morgan fingerprint density at radius 3 is 2.89 bits per heavy atom. The second-order valence-electron chi connectivity index (χ2n) is 6.69. The van der Waals surface area contributed by atoms with Crippen LogP contribution in [0.2, 0.25) is 0 Å². The summed E-state index contributed by atoms with van der Waals surface area (Å²) >= 11 is 0. The Kier molecular flexibility index (Phi) is 2.51. The Bertz CT molecular complexity index is 451. The van der Waals surface area contributed by atoms with Crippen LogP contribution in [0.25, 0.3) is 0 Å². The van der Waals surface area contributed by atoms with Gasteiger partial charge < -0.3 is 10.7 Å². The van der Waals surface area contributed by atoms with E-state index in [1.165, 1.54) is 55.7 Å². The normalized spacial score (nSPS) is 38.1. The highest BCUT2D eigenvalue weighted by Gasteiger charge is 2.39. The van der Waals surface area contributed by atoms with Crippen LogP contribution >= 0.6 is 0 Å². The van der Waals surface area contributed by atoms with Gasteiger partial charge in [0.25, 0.3) is 0 Å². The molecular formula is C15H23N3. The second-order valence-corrected chi connectivity index (χ2v) is 6.69. The van der Waals surface area contributed by atoms with Crippen molar-refractivity contribution < 1.29 is 0 Å². The number of nitrogens with one attached hydrogen (secondary N) is 1. The zero-order chi connectivity index (χ0) is 12.1. The van der Waals surface area contributed by atoms with Crippen LogP contribution in [0.1, 0.15) is 61.8 Å². The minimum absolute atomic E-state index is 0.179. The number of imidazole rings is 1. The molecule has 3 N–H and O–H groups in total. The maximum Gasteiger partial charge on any atom is 0.106 e. The average molecular weight is 245 g/mol. The largest absolute Gasteiger partial charge is 0.346 e. The molecule has 2 saturated carbocycles. The van der Waals surface area contributed by atoms with Gasteiger partial charge >= 0.3 is 0 Å². The van der Waals surface area contributed by atoms with Gasteiger partial charge in [-0.15, -0.1) is 0 Å². The molecular weight excluding hydrogens is 222 g/mol. The van der Waals surface area contributed by atoms with E-state index in [0.29, 0.717) is 0 Å². The summed E-state index contributed by atoms with van der Waals surface area (Å²) in [4.78, 5) is 8.36. The lowest BCUT2D eigenvalue weighted by atomic mass is 9.86. The quantitative estimate of drug-likeness (QED) is 0.841. The summed E-state index contributed by atoms with van der Waals surface area (Å²) in [6, 6.07) is 0.179. The first-order valence-corrected chi connectivity index (χ1v) is 7.63. The van der Waals surface area contributed by atoms with Crippen LogP contribution in [0.3, 0.4) is 0 Å². The molecule has 0 aliphatic heterocycles. The highest BCUT2D eigenvalue weighted by Crippen LogP contribution is 2.49. The number of fused-ring (bicyclic) bond motifs is 3. The van der Waals surface area contributed by atoms with Crippen LogP contribution in [0.15, 0.2) is 0 Å². The van der Waals surface area contributed by atoms with Gasteiger partial charge in [0.15, 0.2) is 0 Å². The van der Waals surface area contributed by atoms with E-state index >= 15 is 0 Å². The van der Waals surface area contributed by atoms with E-state index in [1.54, 1.807) is 0 Å². The summed E-state index contributed by atoms with van der Waals surface area (Å²) < 4.78 is 0. The van der Waals surface area contributed by atoms with Gasteiger partial charge in [-0.2, -0.15) is 0 Å². The first-order chi connectivity index (χ1) is 8.79. The predicted molar refractivity (Wildman–Crippen MR) is 71.1 cm³/mol. The molecule has 4 atom stereocenters. The number of H-pyrrole nitrogens is 1. The number of hydrogen-bond donors (Lipinski definition) is 2. The Labute approximate surface area is 109 Å². The van der Waals surface area contributed by atoms with E-state index in [2.05, 4.69) is 4.98 Å². The molecule has 0 amide bonds. The fraction of sp³-hybridized carbons (Fsp3) is 0.800. The van der Waals surface area contributed by atoms with Crippen molar-refractivity contribution in [3.63, 3.8) is 0 Å². The summed E-state index contributed by atoms with van der Waals surface area (Å²) in [5, 5.41) is 0. The van der Waals surface area contributed by atoms with Gasteiger partial charge in [-0.3, -0.25) is 0 Å². The fourth-order valence-electron chi connectivity index (χ4n) is 4.58. The van der Waals surface area contributed by atoms with Gasteiger partial charge in [0.05, 0.1) is 5.69 Å². The third-order valence-corrected chi connectivity index (χ3v) is 5.49. The predicted octanol–water partition coefficient (Wildman–Crippen LogP) is 2.72. The molecule has 1 aromatic rings. The molecule has 0 saturated heterocycles. The van der Waals surface area contributed by atoms with E-state index < -0.39 is 0 Å². The highest BCUT2D eigenvalue weighted by atomic mass is 15.0. The third kappa shape index (κ3) is 1.71. The van der Waals surface area contributed by atoms with Crippen molar-refractivity contribution in [3.8, 4) is 0 Å². The van der Waals surface area contributed by atoms with E-state index in [4.69, 9.17) is 10.7 Å². The Hall–Kier alpha value is -0.830. The van der Waals surface area contributed by atoms with Gasteiger partial charge in [0.1, 0.15) is 5.82 Å². The molecule has 1 aromatic heterocycles. The zero-order valence-corrected chi connectivity index (χ0v) is 11.0. The molecule has 18 heavy (non-hydrogen) atoms. The smallest absolute Gasteiger partial charge is 0.106 e. The number of hydrogen-bond acceptors (Lipinski definition) is 2. The average Bonchev–Trinajstić information content (AvgIpc) is 3.03. The van der Waals surface area contributed by atoms with E-state index in [0.717, 1.165) is 30.6 Å². The number of aromatic amines is 1. The molecule has 4 unspecified atom stereocenters. The Morgan fingerprint density at radius 2 is 2.17 bits per heavy atom. The number of aryl methyl sites for hydroxylation is 1. The van der Waals surface area contributed by atoms with Crippen molar-refractivity contribution in [1.29, 1.82) is 0 Å². The number of rotatable bonds is 2. The van der Waals surface area contributed by atoms with Crippen LogP contribution in [0, 0.1) is 17.8 Å². The van der Waals surface area contributed by atoms with Crippen molar-refractivity contribution >= 4 is 0 Å². The molecule has 98 valence electrons. The van der Waals surface area contributed by atoms with Crippen LogP contribution in [-0.4, -0.2) is 9.97 Å². The lowest BCUT2D eigenvalue weighted by Crippen LogP contribution is -2.17. The molecule has 1 heterocycles. The van der Waals surface area contributed by atoms with Crippen LogP contribution in [0.5, 0.6) is 0 Å². The molecule has 2 fully saturated rings. The van der Waals surface area contributed by atoms with Crippen molar-refractivity contribution in [2.45, 2.75) is 57.4 Å². The minimum Gasteiger partial charge on any atom is -0.346 e. The molecule has 2 bridgehead atoms. The number of nitrogens with two attached hydrogens (primary N) is 1. The van der Waals surface area contributed by atoms with Gasteiger partial charge in [-0.05, 0) is 56.3 Å². The van der Waals surface area contributed by atoms with Gasteiger partial charge in [0, 0.05) is 18.2 Å². The maximum atomic E-state index is 6.15. The van der Waals surface area contributed by atoms with Crippen LogP contribution < -0.4 is 5.73 Å². The van der Waals surface area contributed by atoms with Gasteiger partial charge in [-0.1, -0.05) is 6.42 Å². The molecule has 0 radical (unpaired) electrons. The molecule has 3 nitrogen and oxygen atoms in total. The SMILES string of the molecule is NC1CCCc2[nH]c(CC3CC4CCC3C4)nc21. The lowest BCUT2D eigenvalue weighted by molar-refractivity contribution is 0.327. The highest BCUT2D eigenvalue weighted by molar-refractivity contribution is 5.21. The van der Waals surface area contributed by atoms with Crippen LogP contribution in [-0.2, 0) is 12.8 Å². The standard InChI is InChI=1S/C15H23N3/c16-12-2-1-3-13-15(12)18-14(17-13)8-11-7-9-4-5-10(11)6-9/h9-12H,1-8,16H2,(H,17,18). The van der Waals surface area contributed by atoms with Gasteiger partial charge in [-0.25, -0.2) is 4.98 Å². The molecule has 0 aromatic carbocycles. The molecule has 3 aliphatic carbocycles. The summed E-state index contributed by atoms with van der Waals surface area (Å²) in [6.07, 6.45) is 10.5. The first kappa shape index (κ1) is 11.0. The summed E-state index contributed by atoms with van der Waals surface area (Å²) in [5.74, 6) is 4.14. The van der Waals surface area contributed by atoms with Crippen molar-refractivity contribution in [2.75, 3.05) is 0 Å². The monoisotopic (exact) mass is 245 g/mol. The number of aromatic nitrogens is 2. The molecule has 3 aliphatic rings. The summed E-state index contributed by atoms with van der Waals surface area (Å²) in [7, 11) is 0. The van der Waals surface area contributed by atoms with Crippen molar-refractivity contribution in [3.05, 3.63) is 17.2 Å². The molecule has 3 heteroatoms. The lowest BCUT2D eigenvalue weighted by Gasteiger charge is -2.20. The van der Waals surface area contributed by atoms with E-state index in [-0.39, 0.29) is 6.04 Å². The summed E-state index contributed by atoms with van der Waals surface area (Å²) in [5.41, 5.74) is 8.64. The van der Waals surface area contributed by atoms with Crippen LogP contribution in [0.4, 0.5) is 0 Å². The molecule has 4 rings (SSSR count). The number of nitrogens with zero attached hydrogens (tertiary/aromatic N) is 1. The van der Waals surface area contributed by atoms with Crippen molar-refractivity contribution in [1.82, 2.24) is 9.97 Å². The summed E-state index contributed by atoms with van der Waals surface area (Å²) in [6.45, 7) is 0. The third-order valence-electron chi connectivity index (χ3n) is 5.49. The Morgan fingerprint density at radius 1 is 1.22 bits per heavy atom. The topological polar surface area (TPSA) is 54.7 Å². The van der Waals surface area contributed by atoms with E-state index in [9.17, 15) is 0 Å². The van der Waals surface area contributed by atoms with E-state index in [1.807, 2.05) is 0 Å². The second kappa shape index (κ2) is 4.09. The fourth-order valence-corrected chi connectivity index (χ4v) is 4.58. The maximum absolute atomic E-state index is 6.15. The zero-order valence-electron chi connectivity index (χ0n) is 11.0. The van der Waals surface area contributed by atoms with Crippen molar-refractivity contribution in [2.24, 2.45) is 23.5 Å².